The molecule has 1 aromatic rings. The molecule has 0 aliphatic carbocycles. The number of carboxylic acid groups (broad SMARTS) is 2. The summed E-state index contributed by atoms with van der Waals surface area (Å²) in [5, 5.41) is 15.9. The topological polar surface area (TPSA) is 104 Å². The zero-order chi connectivity index (χ0) is 20.1. The molecule has 1 aromatic heterocycles. The zero-order valence-corrected chi connectivity index (χ0v) is 17.2. The number of hydrogen-bond acceptors (Lipinski definition) is 7. The van der Waals surface area contributed by atoms with Crippen LogP contribution in [0, 0.1) is 0 Å². The number of carbonyl (C=O) groups is 2. The predicted molar refractivity (Wildman–Crippen MR) is 109 cm³/mol. The fraction of sp³-hybridized carbons (Fsp3) is 0.556. The fourth-order valence-corrected chi connectivity index (χ4v) is 4.16. The largest absolute Gasteiger partial charge is 0.473 e. The summed E-state index contributed by atoms with van der Waals surface area (Å²) in [5.74, 6) is -2.50. The lowest BCUT2D eigenvalue weighted by molar-refractivity contribution is -0.159. The second-order valence-electron chi connectivity index (χ2n) is 6.12. The molecule has 0 fully saturated rings. The normalized spacial score (nSPS) is 14.0. The predicted octanol–water partition coefficient (Wildman–Crippen LogP) is 3.64. The van der Waals surface area contributed by atoms with Crippen LogP contribution < -0.4 is 0 Å². The smallest absolute Gasteiger partial charge is 0.414 e. The highest BCUT2D eigenvalue weighted by Crippen LogP contribution is 2.29. The van der Waals surface area contributed by atoms with Gasteiger partial charge in [0.2, 0.25) is 0 Å². The van der Waals surface area contributed by atoms with Crippen molar-refractivity contribution in [1.82, 2.24) is 13.6 Å². The molecule has 2 rings (SSSR count). The van der Waals surface area contributed by atoms with Crippen LogP contribution in [0.3, 0.4) is 0 Å². The van der Waals surface area contributed by atoms with Crippen molar-refractivity contribution in [3.05, 3.63) is 24.4 Å². The first kappa shape index (κ1) is 23.3. The first-order chi connectivity index (χ1) is 13.0. The Morgan fingerprint density at radius 3 is 2.59 bits per heavy atom. The molecule has 1 aliphatic rings. The number of hydrogen-bond donors (Lipinski definition) is 2. The summed E-state index contributed by atoms with van der Waals surface area (Å²) in [6.45, 7) is 5.91. The standard InChI is InChI=1S/C16H25N3S2.C2H2O4/c1-3-4-5-6-7-8-12-20-16-15(17-21-18-16)14-10-9-11-19(2)13-14;3-1(4)2(5)6/h3,10H,1,4-9,11-13H2,2H3;(H,3,4)(H,5,6). The Bertz CT molecular complexity index is 634. The van der Waals surface area contributed by atoms with Gasteiger partial charge < -0.3 is 15.1 Å². The van der Waals surface area contributed by atoms with E-state index in [4.69, 9.17) is 19.8 Å². The van der Waals surface area contributed by atoms with Gasteiger partial charge in [-0.1, -0.05) is 25.0 Å². The van der Waals surface area contributed by atoms with Crippen LogP contribution in [0.4, 0.5) is 0 Å². The Labute approximate surface area is 168 Å². The molecule has 0 unspecified atom stereocenters. The van der Waals surface area contributed by atoms with Gasteiger partial charge in [-0.2, -0.15) is 8.75 Å². The minimum atomic E-state index is -1.82. The third kappa shape index (κ3) is 9.69. The summed E-state index contributed by atoms with van der Waals surface area (Å²) in [5.41, 5.74) is 2.48. The second kappa shape index (κ2) is 13.5. The lowest BCUT2D eigenvalue weighted by atomic mass is 10.1. The Kier molecular flexibility index (Phi) is 11.6. The number of aromatic nitrogens is 2. The molecule has 7 nitrogen and oxygen atoms in total. The van der Waals surface area contributed by atoms with E-state index in [2.05, 4.69) is 33.3 Å². The molecule has 150 valence electrons. The quantitative estimate of drug-likeness (QED) is 0.274. The zero-order valence-electron chi connectivity index (χ0n) is 15.6. The first-order valence-electron chi connectivity index (χ1n) is 8.86. The average molecular weight is 414 g/mol. The molecular weight excluding hydrogens is 386 g/mol. The second-order valence-corrected chi connectivity index (χ2v) is 7.74. The van der Waals surface area contributed by atoms with Gasteiger partial charge in [0.05, 0.1) is 11.7 Å². The van der Waals surface area contributed by atoms with E-state index in [1.807, 2.05) is 17.8 Å². The van der Waals surface area contributed by atoms with Gasteiger partial charge in [-0.3, -0.25) is 0 Å². The fourth-order valence-electron chi connectivity index (χ4n) is 2.45. The van der Waals surface area contributed by atoms with Crippen LogP contribution in [0.1, 0.15) is 44.2 Å². The van der Waals surface area contributed by atoms with Gasteiger partial charge in [0.1, 0.15) is 10.7 Å². The highest BCUT2D eigenvalue weighted by molar-refractivity contribution is 7.99. The molecule has 27 heavy (non-hydrogen) atoms. The molecule has 0 saturated carbocycles. The lowest BCUT2D eigenvalue weighted by Crippen LogP contribution is -2.25. The first-order valence-corrected chi connectivity index (χ1v) is 10.6. The van der Waals surface area contributed by atoms with Gasteiger partial charge in [0.15, 0.2) is 0 Å². The van der Waals surface area contributed by atoms with Crippen LogP contribution in [-0.2, 0) is 9.59 Å². The number of unbranched alkanes of at least 4 members (excludes halogenated alkanes) is 4. The maximum atomic E-state index is 9.10. The summed E-state index contributed by atoms with van der Waals surface area (Å²) >= 11 is 3.21. The van der Waals surface area contributed by atoms with Gasteiger partial charge in [-0.25, -0.2) is 9.59 Å². The molecule has 0 spiro atoms. The molecule has 9 heteroatoms. The number of aliphatic carboxylic acids is 2. The Morgan fingerprint density at radius 2 is 1.96 bits per heavy atom. The third-order valence-corrected chi connectivity index (χ3v) is 5.52. The summed E-state index contributed by atoms with van der Waals surface area (Å²) in [6.07, 6.45) is 11.8. The van der Waals surface area contributed by atoms with Gasteiger partial charge in [0, 0.05) is 13.1 Å². The summed E-state index contributed by atoms with van der Waals surface area (Å²) < 4.78 is 9.00. The van der Waals surface area contributed by atoms with Crippen molar-refractivity contribution in [2.45, 2.75) is 43.6 Å². The number of nitrogens with zero attached hydrogens (tertiary/aromatic N) is 3. The van der Waals surface area contributed by atoms with Crippen LogP contribution in [0.5, 0.6) is 0 Å². The average Bonchev–Trinajstić information content (AvgIpc) is 3.10. The molecule has 1 aliphatic heterocycles. The number of thioether (sulfide) groups is 1. The Hall–Kier alpha value is -1.71. The van der Waals surface area contributed by atoms with E-state index in [0.29, 0.717) is 0 Å². The van der Waals surface area contributed by atoms with Crippen molar-refractivity contribution in [2.24, 2.45) is 0 Å². The van der Waals surface area contributed by atoms with Gasteiger partial charge in [-0.15, -0.1) is 18.3 Å². The van der Waals surface area contributed by atoms with Crippen molar-refractivity contribution >= 4 is 41.0 Å². The summed E-state index contributed by atoms with van der Waals surface area (Å²) in [6, 6.07) is 0. The highest BCUT2D eigenvalue weighted by Gasteiger charge is 2.17. The van der Waals surface area contributed by atoms with Crippen molar-refractivity contribution in [3.8, 4) is 0 Å². The number of likely N-dealkylation sites (N-methyl/N-ethyl adjacent to an activating group) is 1. The van der Waals surface area contributed by atoms with Gasteiger partial charge >= 0.3 is 11.9 Å². The summed E-state index contributed by atoms with van der Waals surface area (Å²) in [4.78, 5) is 20.5. The highest BCUT2D eigenvalue weighted by atomic mass is 32.2. The van der Waals surface area contributed by atoms with E-state index in [0.717, 1.165) is 42.4 Å². The maximum Gasteiger partial charge on any atom is 0.414 e. The lowest BCUT2D eigenvalue weighted by Gasteiger charge is -2.22. The monoisotopic (exact) mass is 413 g/mol. The summed E-state index contributed by atoms with van der Waals surface area (Å²) in [7, 11) is 2.17. The SMILES string of the molecule is C=CCCCCCCSc1nsnc1C1=CCCN(C)C1.O=C(O)C(=O)O. The van der Waals surface area contributed by atoms with Crippen molar-refractivity contribution < 1.29 is 19.8 Å². The van der Waals surface area contributed by atoms with Crippen LogP contribution in [0.15, 0.2) is 23.8 Å². The molecule has 0 bridgehead atoms. The van der Waals surface area contributed by atoms with Gasteiger partial charge in [0.25, 0.3) is 0 Å². The van der Waals surface area contributed by atoms with Crippen molar-refractivity contribution in [1.29, 1.82) is 0 Å². The molecule has 2 N–H and O–H groups in total. The van der Waals surface area contributed by atoms with E-state index in [-0.39, 0.29) is 0 Å². The van der Waals surface area contributed by atoms with E-state index < -0.39 is 11.9 Å². The Balaban J connectivity index is 0.000000527. The minimum Gasteiger partial charge on any atom is -0.473 e. The van der Waals surface area contributed by atoms with E-state index in [9.17, 15) is 0 Å². The number of rotatable bonds is 9. The van der Waals surface area contributed by atoms with Crippen molar-refractivity contribution in [3.63, 3.8) is 0 Å². The van der Waals surface area contributed by atoms with E-state index >= 15 is 0 Å². The molecule has 0 amide bonds. The molecule has 2 heterocycles. The third-order valence-electron chi connectivity index (χ3n) is 3.83. The van der Waals surface area contributed by atoms with Crippen molar-refractivity contribution in [2.75, 3.05) is 25.9 Å². The van der Waals surface area contributed by atoms with Crippen LogP contribution in [0.2, 0.25) is 0 Å². The van der Waals surface area contributed by atoms with E-state index in [1.165, 1.54) is 43.0 Å². The molecule has 0 saturated heterocycles. The molecular formula is C18H27N3O4S2. The van der Waals surface area contributed by atoms with Gasteiger partial charge in [-0.05, 0) is 44.1 Å². The maximum absolute atomic E-state index is 9.10. The molecule has 0 aromatic carbocycles. The molecule has 0 atom stereocenters. The number of carboxylic acids is 2. The molecule has 0 radical (unpaired) electrons. The van der Waals surface area contributed by atoms with E-state index in [1.54, 1.807) is 0 Å². The van der Waals surface area contributed by atoms with Crippen LogP contribution in [-0.4, -0.2) is 61.7 Å². The van der Waals surface area contributed by atoms with Crippen LogP contribution in [0.25, 0.3) is 5.57 Å². The number of allylic oxidation sites excluding steroid dienone is 1. The Morgan fingerprint density at radius 1 is 1.26 bits per heavy atom. The minimum absolute atomic E-state index is 1.00. The van der Waals surface area contributed by atoms with Crippen LogP contribution >= 0.6 is 23.5 Å².